The Hall–Kier alpha value is -2.80. The normalized spacial score (nSPS) is 15.8. The van der Waals surface area contributed by atoms with Crippen LogP contribution in [-0.2, 0) is 15.2 Å². The smallest absolute Gasteiger partial charge is 0.313 e. The van der Waals surface area contributed by atoms with Gasteiger partial charge in [-0.2, -0.15) is 0 Å². The molecule has 2 aromatic rings. The first-order valence-electron chi connectivity index (χ1n) is 8.22. The lowest BCUT2D eigenvalue weighted by molar-refractivity contribution is -0.137. The number of carbonyl (C=O) groups excluding carboxylic acids is 2. The number of hydrogen-bond donors (Lipinski definition) is 3. The molecule has 0 aromatic heterocycles. The summed E-state index contributed by atoms with van der Waals surface area (Å²) in [5.74, 6) is -4.16. The number of anilines is 1. The first kappa shape index (κ1) is 18.0. The van der Waals surface area contributed by atoms with Crippen molar-refractivity contribution in [3.8, 4) is 0 Å². The van der Waals surface area contributed by atoms with E-state index in [1.54, 1.807) is 24.3 Å². The molecular weight excluding hydrogens is 342 g/mol. The van der Waals surface area contributed by atoms with Gasteiger partial charge in [0.1, 0.15) is 5.60 Å². The summed E-state index contributed by atoms with van der Waals surface area (Å²) >= 11 is 0. The van der Waals surface area contributed by atoms with Crippen LogP contribution in [0.25, 0.3) is 0 Å². The number of rotatable bonds is 5. The summed E-state index contributed by atoms with van der Waals surface area (Å²) in [6.07, 6.45) is 1.67. The molecule has 0 saturated heterocycles. The Bertz CT molecular complexity index is 825. The molecule has 2 amide bonds. The minimum Gasteiger partial charge on any atom is -0.383 e. The third-order valence-electron chi connectivity index (χ3n) is 4.43. The number of hydrogen-bond acceptors (Lipinski definition) is 3. The maximum Gasteiger partial charge on any atom is 0.313 e. The number of nitrogens with one attached hydrogen (secondary N) is 2. The SMILES string of the molecule is O=C(NCC(O)(c1ccccc1)C1CC1)C(=O)Nc1ccc(F)c(F)c1. The first-order chi connectivity index (χ1) is 12.4. The van der Waals surface area contributed by atoms with Crippen LogP contribution >= 0.6 is 0 Å². The second kappa shape index (κ2) is 7.21. The summed E-state index contributed by atoms with van der Waals surface area (Å²) in [5, 5.41) is 15.6. The summed E-state index contributed by atoms with van der Waals surface area (Å²) in [6, 6.07) is 11.7. The van der Waals surface area contributed by atoms with E-state index in [1.807, 2.05) is 6.07 Å². The van der Waals surface area contributed by atoms with Crippen molar-refractivity contribution in [2.75, 3.05) is 11.9 Å². The molecule has 2 aromatic carbocycles. The highest BCUT2D eigenvalue weighted by atomic mass is 19.2. The van der Waals surface area contributed by atoms with Gasteiger partial charge in [-0.15, -0.1) is 0 Å². The van der Waals surface area contributed by atoms with Crippen molar-refractivity contribution in [2.45, 2.75) is 18.4 Å². The fourth-order valence-electron chi connectivity index (χ4n) is 2.83. The fourth-order valence-corrected chi connectivity index (χ4v) is 2.83. The number of amides is 2. The zero-order valence-electron chi connectivity index (χ0n) is 13.8. The molecule has 3 N–H and O–H groups in total. The molecule has 0 aliphatic heterocycles. The zero-order chi connectivity index (χ0) is 18.7. The van der Waals surface area contributed by atoms with Crippen LogP contribution in [0.2, 0.25) is 0 Å². The largest absolute Gasteiger partial charge is 0.383 e. The van der Waals surface area contributed by atoms with Gasteiger partial charge in [0, 0.05) is 11.8 Å². The average Bonchev–Trinajstić information content (AvgIpc) is 3.49. The van der Waals surface area contributed by atoms with Crippen LogP contribution in [0.5, 0.6) is 0 Å². The summed E-state index contributed by atoms with van der Waals surface area (Å²) in [7, 11) is 0. The summed E-state index contributed by atoms with van der Waals surface area (Å²) in [6.45, 7) is -0.119. The van der Waals surface area contributed by atoms with E-state index in [2.05, 4.69) is 10.6 Å². The third-order valence-corrected chi connectivity index (χ3v) is 4.43. The molecule has 1 aliphatic rings. The molecule has 0 heterocycles. The summed E-state index contributed by atoms with van der Waals surface area (Å²) in [4.78, 5) is 23.9. The lowest BCUT2D eigenvalue weighted by Gasteiger charge is -2.29. The molecule has 5 nitrogen and oxygen atoms in total. The Morgan fingerprint density at radius 3 is 2.35 bits per heavy atom. The van der Waals surface area contributed by atoms with E-state index in [4.69, 9.17) is 0 Å². The van der Waals surface area contributed by atoms with E-state index in [1.165, 1.54) is 0 Å². The Balaban J connectivity index is 1.63. The van der Waals surface area contributed by atoms with Crippen LogP contribution in [0.15, 0.2) is 48.5 Å². The van der Waals surface area contributed by atoms with Crippen molar-refractivity contribution in [3.05, 3.63) is 65.7 Å². The van der Waals surface area contributed by atoms with Crippen LogP contribution < -0.4 is 10.6 Å². The van der Waals surface area contributed by atoms with Crippen molar-refractivity contribution in [3.63, 3.8) is 0 Å². The number of benzene rings is 2. The highest BCUT2D eigenvalue weighted by molar-refractivity contribution is 6.39. The minimum atomic E-state index is -1.25. The summed E-state index contributed by atoms with van der Waals surface area (Å²) in [5.41, 5.74) is -0.618. The lowest BCUT2D eigenvalue weighted by Crippen LogP contribution is -2.45. The molecule has 1 fully saturated rings. The van der Waals surface area contributed by atoms with Crippen molar-refractivity contribution < 1.29 is 23.5 Å². The van der Waals surface area contributed by atoms with E-state index in [0.717, 1.165) is 31.0 Å². The zero-order valence-corrected chi connectivity index (χ0v) is 13.8. The van der Waals surface area contributed by atoms with Gasteiger partial charge in [-0.25, -0.2) is 8.78 Å². The van der Waals surface area contributed by atoms with Crippen LogP contribution in [0.1, 0.15) is 18.4 Å². The molecule has 1 saturated carbocycles. The van der Waals surface area contributed by atoms with Crippen molar-refractivity contribution in [2.24, 2.45) is 5.92 Å². The second-order valence-electron chi connectivity index (χ2n) is 6.33. The minimum absolute atomic E-state index is 0.0134. The highest BCUT2D eigenvalue weighted by Gasteiger charge is 2.45. The van der Waals surface area contributed by atoms with Gasteiger partial charge in [0.15, 0.2) is 11.6 Å². The van der Waals surface area contributed by atoms with E-state index in [0.29, 0.717) is 5.56 Å². The fraction of sp³-hybridized carbons (Fsp3) is 0.263. The van der Waals surface area contributed by atoms with E-state index in [-0.39, 0.29) is 18.2 Å². The number of halogens is 2. The predicted molar refractivity (Wildman–Crippen MR) is 91.1 cm³/mol. The maximum absolute atomic E-state index is 13.2. The van der Waals surface area contributed by atoms with Crippen LogP contribution in [0.4, 0.5) is 14.5 Å². The molecule has 0 bridgehead atoms. The van der Waals surface area contributed by atoms with Gasteiger partial charge in [-0.3, -0.25) is 9.59 Å². The molecule has 3 rings (SSSR count). The molecule has 1 unspecified atom stereocenters. The number of carbonyl (C=O) groups is 2. The van der Waals surface area contributed by atoms with E-state index < -0.39 is 29.0 Å². The van der Waals surface area contributed by atoms with Gasteiger partial charge in [-0.05, 0) is 36.5 Å². The predicted octanol–water partition coefficient (Wildman–Crippen LogP) is 2.32. The second-order valence-corrected chi connectivity index (χ2v) is 6.33. The van der Waals surface area contributed by atoms with E-state index in [9.17, 15) is 23.5 Å². The molecule has 0 radical (unpaired) electrons. The lowest BCUT2D eigenvalue weighted by atomic mass is 9.88. The van der Waals surface area contributed by atoms with Gasteiger partial charge in [0.2, 0.25) is 0 Å². The Morgan fingerprint density at radius 1 is 1.04 bits per heavy atom. The molecular formula is C19H18F2N2O3. The average molecular weight is 360 g/mol. The topological polar surface area (TPSA) is 78.4 Å². The Kier molecular flexibility index (Phi) is 4.99. The van der Waals surface area contributed by atoms with Crippen LogP contribution in [0.3, 0.4) is 0 Å². The Morgan fingerprint density at radius 2 is 1.73 bits per heavy atom. The highest BCUT2D eigenvalue weighted by Crippen LogP contribution is 2.45. The van der Waals surface area contributed by atoms with Crippen molar-refractivity contribution >= 4 is 17.5 Å². The quantitative estimate of drug-likeness (QED) is 0.716. The molecule has 26 heavy (non-hydrogen) atoms. The standard InChI is InChI=1S/C19H18F2N2O3/c20-15-9-8-14(10-16(15)21)23-18(25)17(24)22-11-19(26,13-6-7-13)12-4-2-1-3-5-12/h1-5,8-10,13,26H,6-7,11H2,(H,22,24)(H,23,25). The molecule has 1 aliphatic carbocycles. The van der Waals surface area contributed by atoms with Crippen molar-refractivity contribution in [1.82, 2.24) is 5.32 Å². The molecule has 1 atom stereocenters. The van der Waals surface area contributed by atoms with Crippen molar-refractivity contribution in [1.29, 1.82) is 0 Å². The van der Waals surface area contributed by atoms with Gasteiger partial charge in [0.25, 0.3) is 0 Å². The van der Waals surface area contributed by atoms with Crippen LogP contribution in [0, 0.1) is 17.6 Å². The Labute approximate surface area is 149 Å². The van der Waals surface area contributed by atoms with Gasteiger partial charge in [0.05, 0.1) is 6.54 Å². The monoisotopic (exact) mass is 360 g/mol. The first-order valence-corrected chi connectivity index (χ1v) is 8.22. The van der Waals surface area contributed by atoms with E-state index >= 15 is 0 Å². The van der Waals surface area contributed by atoms with Gasteiger partial charge < -0.3 is 15.7 Å². The summed E-state index contributed by atoms with van der Waals surface area (Å²) < 4.78 is 26.1. The maximum atomic E-state index is 13.2. The van der Waals surface area contributed by atoms with Gasteiger partial charge >= 0.3 is 11.8 Å². The third kappa shape index (κ3) is 3.88. The van der Waals surface area contributed by atoms with Gasteiger partial charge in [-0.1, -0.05) is 30.3 Å². The molecule has 136 valence electrons. The molecule has 7 heteroatoms. The van der Waals surface area contributed by atoms with Crippen LogP contribution in [-0.4, -0.2) is 23.5 Å². The molecule has 0 spiro atoms. The number of aliphatic hydroxyl groups is 1.